The van der Waals surface area contributed by atoms with Crippen LogP contribution >= 0.6 is 0 Å². The smallest absolute Gasteiger partial charge is 0.0701 e. The molecule has 0 aliphatic rings. The van der Waals surface area contributed by atoms with Gasteiger partial charge in [0.15, 0.2) is 0 Å². The van der Waals surface area contributed by atoms with E-state index in [-0.39, 0.29) is 6.61 Å². The first-order valence-corrected chi connectivity index (χ1v) is 4.71. The van der Waals surface area contributed by atoms with Gasteiger partial charge in [-0.3, -0.25) is 0 Å². The van der Waals surface area contributed by atoms with Gasteiger partial charge in [-0.1, -0.05) is 11.8 Å². The number of rotatable bonds is 4. The lowest BCUT2D eigenvalue weighted by molar-refractivity contribution is 0.244. The Labute approximate surface area is 85.7 Å². The van der Waals surface area contributed by atoms with Crippen molar-refractivity contribution < 1.29 is 10.2 Å². The summed E-state index contributed by atoms with van der Waals surface area (Å²) in [6.07, 6.45) is 5.21. The Bertz CT molecular complexity index is 268. The van der Waals surface area contributed by atoms with Crippen LogP contribution in [0.3, 0.4) is 0 Å². The molecule has 0 rings (SSSR count). The summed E-state index contributed by atoms with van der Waals surface area (Å²) in [5.41, 5.74) is 0. The first kappa shape index (κ1) is 12.8. The van der Waals surface area contributed by atoms with Crippen LogP contribution in [0.25, 0.3) is 0 Å². The fourth-order valence-corrected chi connectivity index (χ4v) is 0.697. The predicted octanol–water partition coefficient (Wildman–Crippen LogP) is 1.09. The van der Waals surface area contributed by atoms with Crippen molar-refractivity contribution in [3.63, 3.8) is 0 Å². The summed E-state index contributed by atoms with van der Waals surface area (Å²) in [6, 6.07) is 0. The average molecular weight is 192 g/mol. The molecule has 0 aliphatic heterocycles. The molecule has 14 heavy (non-hydrogen) atoms. The molecule has 0 aromatic rings. The van der Waals surface area contributed by atoms with Gasteiger partial charge in [-0.15, -0.1) is 0 Å². The first-order chi connectivity index (χ1) is 6.77. The van der Waals surface area contributed by atoms with E-state index < -0.39 is 6.10 Å². The maximum atomic E-state index is 8.84. The van der Waals surface area contributed by atoms with Gasteiger partial charge in [0.05, 0.1) is 6.10 Å². The number of hydrogen-bond donors (Lipinski definition) is 2. The van der Waals surface area contributed by atoms with Gasteiger partial charge in [-0.25, -0.2) is 0 Å². The highest BCUT2D eigenvalue weighted by atomic mass is 16.3. The Hall–Kier alpha value is -1.22. The topological polar surface area (TPSA) is 40.5 Å². The summed E-state index contributed by atoms with van der Waals surface area (Å²) < 4.78 is 0. The molecule has 2 heteroatoms. The van der Waals surface area contributed by atoms with Crippen LogP contribution in [0.1, 0.15) is 26.2 Å². The lowest BCUT2D eigenvalue weighted by atomic mass is 10.2. The summed E-state index contributed by atoms with van der Waals surface area (Å²) in [5, 5.41) is 17.3. The number of aliphatic hydroxyl groups is 2. The number of aliphatic hydroxyl groups excluding tert-OH is 2. The number of allylic oxidation sites excluding steroid dienone is 1. The third-order valence-corrected chi connectivity index (χ3v) is 1.39. The minimum Gasteiger partial charge on any atom is -0.396 e. The average Bonchev–Trinajstić information content (AvgIpc) is 2.15. The van der Waals surface area contributed by atoms with Crippen LogP contribution < -0.4 is 0 Å². The standard InChI is InChI=1S/C12H16O2/c1-12(14)10-8-6-4-2-3-5-7-9-11-13/h8,10,12-14H,5,7,9,11H2,1H3/b10-8+. The predicted molar refractivity (Wildman–Crippen MR) is 57.3 cm³/mol. The second-order valence-electron chi connectivity index (χ2n) is 2.85. The molecule has 1 unspecified atom stereocenters. The van der Waals surface area contributed by atoms with Crippen LogP contribution in [-0.4, -0.2) is 22.9 Å². The van der Waals surface area contributed by atoms with Crippen molar-refractivity contribution in [1.29, 1.82) is 0 Å². The van der Waals surface area contributed by atoms with Crippen molar-refractivity contribution in [3.05, 3.63) is 12.2 Å². The van der Waals surface area contributed by atoms with Crippen molar-refractivity contribution in [3.8, 4) is 23.7 Å². The summed E-state index contributed by atoms with van der Waals surface area (Å²) in [4.78, 5) is 0. The normalized spacial score (nSPS) is 11.4. The van der Waals surface area contributed by atoms with Gasteiger partial charge in [-0.2, -0.15) is 0 Å². The lowest BCUT2D eigenvalue weighted by Gasteiger charge is -1.87. The van der Waals surface area contributed by atoms with Gasteiger partial charge >= 0.3 is 0 Å². The molecule has 0 saturated heterocycles. The second-order valence-corrected chi connectivity index (χ2v) is 2.85. The van der Waals surface area contributed by atoms with Crippen molar-refractivity contribution in [2.45, 2.75) is 32.3 Å². The molecule has 2 nitrogen and oxygen atoms in total. The Kier molecular flexibility index (Phi) is 9.01. The van der Waals surface area contributed by atoms with E-state index in [0.29, 0.717) is 0 Å². The molecule has 0 spiro atoms. The molecular formula is C12H16O2. The number of unbranched alkanes of at least 4 members (excludes halogenated alkanes) is 2. The molecular weight excluding hydrogens is 176 g/mol. The van der Waals surface area contributed by atoms with Crippen LogP contribution in [0.15, 0.2) is 12.2 Å². The van der Waals surface area contributed by atoms with Crippen molar-refractivity contribution >= 4 is 0 Å². The van der Waals surface area contributed by atoms with Crippen LogP contribution in [0.2, 0.25) is 0 Å². The van der Waals surface area contributed by atoms with E-state index in [2.05, 4.69) is 23.7 Å². The molecule has 0 radical (unpaired) electrons. The largest absolute Gasteiger partial charge is 0.396 e. The monoisotopic (exact) mass is 192 g/mol. The second kappa shape index (κ2) is 9.86. The molecule has 0 fully saturated rings. The molecule has 0 bridgehead atoms. The van der Waals surface area contributed by atoms with Crippen molar-refractivity contribution in [2.75, 3.05) is 6.61 Å². The van der Waals surface area contributed by atoms with Crippen molar-refractivity contribution in [1.82, 2.24) is 0 Å². The van der Waals surface area contributed by atoms with E-state index in [9.17, 15) is 0 Å². The highest BCUT2D eigenvalue weighted by Gasteiger charge is 1.81. The van der Waals surface area contributed by atoms with E-state index >= 15 is 0 Å². The highest BCUT2D eigenvalue weighted by molar-refractivity contribution is 5.30. The SMILES string of the molecule is CC(O)/C=C/C#CC#CCCCCO. The minimum absolute atomic E-state index is 0.227. The van der Waals surface area contributed by atoms with Gasteiger partial charge in [0.25, 0.3) is 0 Å². The molecule has 0 amide bonds. The fourth-order valence-electron chi connectivity index (χ4n) is 0.697. The third kappa shape index (κ3) is 10.8. The van der Waals surface area contributed by atoms with Crippen LogP contribution in [0.5, 0.6) is 0 Å². The van der Waals surface area contributed by atoms with Gasteiger partial charge in [0, 0.05) is 13.0 Å². The molecule has 0 heterocycles. The van der Waals surface area contributed by atoms with E-state index in [4.69, 9.17) is 10.2 Å². The lowest BCUT2D eigenvalue weighted by Crippen LogP contribution is -1.90. The van der Waals surface area contributed by atoms with Gasteiger partial charge in [0.1, 0.15) is 0 Å². The zero-order valence-corrected chi connectivity index (χ0v) is 8.45. The third-order valence-electron chi connectivity index (χ3n) is 1.39. The van der Waals surface area contributed by atoms with E-state index in [0.717, 1.165) is 19.3 Å². The van der Waals surface area contributed by atoms with Gasteiger partial charge in [-0.05, 0) is 43.8 Å². The van der Waals surface area contributed by atoms with Gasteiger partial charge in [0.2, 0.25) is 0 Å². The summed E-state index contributed by atoms with van der Waals surface area (Å²) in [7, 11) is 0. The van der Waals surface area contributed by atoms with E-state index in [1.54, 1.807) is 19.1 Å². The maximum Gasteiger partial charge on any atom is 0.0701 e. The van der Waals surface area contributed by atoms with Crippen LogP contribution in [0, 0.1) is 23.7 Å². The Morgan fingerprint density at radius 2 is 2.07 bits per heavy atom. The Balaban J connectivity index is 3.58. The summed E-state index contributed by atoms with van der Waals surface area (Å²) in [6.45, 7) is 1.89. The van der Waals surface area contributed by atoms with E-state index in [1.807, 2.05) is 0 Å². The first-order valence-electron chi connectivity index (χ1n) is 4.71. The molecule has 2 N–H and O–H groups in total. The quantitative estimate of drug-likeness (QED) is 0.517. The molecule has 0 aromatic carbocycles. The summed E-state index contributed by atoms with van der Waals surface area (Å²) in [5.74, 6) is 10.9. The van der Waals surface area contributed by atoms with Gasteiger partial charge < -0.3 is 10.2 Å². The minimum atomic E-state index is -0.457. The fraction of sp³-hybridized carbons (Fsp3) is 0.500. The van der Waals surface area contributed by atoms with E-state index in [1.165, 1.54) is 0 Å². The highest BCUT2D eigenvalue weighted by Crippen LogP contribution is 1.90. The zero-order valence-electron chi connectivity index (χ0n) is 8.45. The molecule has 76 valence electrons. The van der Waals surface area contributed by atoms with Crippen molar-refractivity contribution in [2.24, 2.45) is 0 Å². The Morgan fingerprint density at radius 3 is 2.71 bits per heavy atom. The number of hydrogen-bond acceptors (Lipinski definition) is 2. The molecule has 1 atom stereocenters. The molecule has 0 aromatic heterocycles. The van der Waals surface area contributed by atoms with Crippen LogP contribution in [0.4, 0.5) is 0 Å². The summed E-state index contributed by atoms with van der Waals surface area (Å²) >= 11 is 0. The maximum absolute atomic E-state index is 8.84. The Morgan fingerprint density at radius 1 is 1.29 bits per heavy atom. The molecule has 0 saturated carbocycles. The zero-order chi connectivity index (χ0) is 10.6. The molecule has 0 aliphatic carbocycles. The van der Waals surface area contributed by atoms with Crippen LogP contribution in [-0.2, 0) is 0 Å².